The zero-order valence-electron chi connectivity index (χ0n) is 7.87. The predicted molar refractivity (Wildman–Crippen MR) is 68.3 cm³/mol. The van der Waals surface area contributed by atoms with E-state index in [9.17, 15) is 4.79 Å². The lowest BCUT2D eigenvalue weighted by Crippen LogP contribution is -2.36. The van der Waals surface area contributed by atoms with Crippen molar-refractivity contribution in [3.8, 4) is 0 Å². The molecule has 2 nitrogen and oxygen atoms in total. The molecule has 1 aromatic rings. The maximum atomic E-state index is 11.7. The van der Waals surface area contributed by atoms with E-state index in [1.165, 1.54) is 0 Å². The number of carbonyl (C=O) groups is 1. The van der Waals surface area contributed by atoms with E-state index >= 15 is 0 Å². The molecule has 2 rings (SSSR count). The quantitative estimate of drug-likeness (QED) is 0.743. The molecular formula is C10H9BrClNOS. The molecule has 0 fully saturated rings. The van der Waals surface area contributed by atoms with E-state index in [2.05, 4.69) is 15.9 Å². The molecule has 0 unspecified atom stereocenters. The van der Waals surface area contributed by atoms with Gasteiger partial charge in [-0.3, -0.25) is 4.79 Å². The molecule has 0 saturated carbocycles. The second-order valence-corrected chi connectivity index (χ2v) is 5.27. The Morgan fingerprint density at radius 2 is 2.40 bits per heavy atom. The van der Waals surface area contributed by atoms with Gasteiger partial charge in [0.2, 0.25) is 5.91 Å². The maximum Gasteiger partial charge on any atom is 0.237 e. The summed E-state index contributed by atoms with van der Waals surface area (Å²) in [7, 11) is 0. The fraction of sp³-hybridized carbons (Fsp3) is 0.300. The molecule has 0 saturated heterocycles. The zero-order chi connectivity index (χ0) is 10.8. The largest absolute Gasteiger partial charge is 0.310 e. The molecule has 80 valence electrons. The molecule has 0 spiro atoms. The monoisotopic (exact) mass is 305 g/mol. The normalized spacial score (nSPS) is 14.9. The third-order valence-corrected chi connectivity index (χ3v) is 3.96. The summed E-state index contributed by atoms with van der Waals surface area (Å²) in [5.74, 6) is 1.02. The Hall–Kier alpha value is -0.190. The van der Waals surface area contributed by atoms with Crippen LogP contribution in [0.5, 0.6) is 0 Å². The molecule has 1 aromatic carbocycles. The van der Waals surface area contributed by atoms with Gasteiger partial charge in [-0.1, -0.05) is 27.5 Å². The molecule has 15 heavy (non-hydrogen) atoms. The van der Waals surface area contributed by atoms with Crippen molar-refractivity contribution in [1.82, 2.24) is 0 Å². The first-order valence-electron chi connectivity index (χ1n) is 4.51. The minimum Gasteiger partial charge on any atom is -0.310 e. The number of hydrogen-bond donors (Lipinski definition) is 0. The van der Waals surface area contributed by atoms with E-state index in [4.69, 9.17) is 11.6 Å². The summed E-state index contributed by atoms with van der Waals surface area (Å²) in [5.41, 5.74) is 0.934. The second kappa shape index (κ2) is 4.76. The Labute approximate surface area is 106 Å². The van der Waals surface area contributed by atoms with Gasteiger partial charge in [0, 0.05) is 22.2 Å². The smallest absolute Gasteiger partial charge is 0.237 e. The van der Waals surface area contributed by atoms with E-state index in [1.807, 2.05) is 18.2 Å². The van der Waals surface area contributed by atoms with Crippen molar-refractivity contribution in [3.05, 3.63) is 23.2 Å². The molecular weight excluding hydrogens is 298 g/mol. The number of hydrogen-bond acceptors (Lipinski definition) is 2. The molecule has 0 aliphatic carbocycles. The van der Waals surface area contributed by atoms with Crippen LogP contribution in [0.2, 0.25) is 5.02 Å². The molecule has 0 atom stereocenters. The summed E-state index contributed by atoms with van der Waals surface area (Å²) in [5, 5.41) is 1.02. The van der Waals surface area contributed by atoms with E-state index in [0.717, 1.165) is 22.9 Å². The predicted octanol–water partition coefficient (Wildman–Crippen LogP) is 3.17. The molecule has 0 bridgehead atoms. The van der Waals surface area contributed by atoms with E-state index < -0.39 is 0 Å². The Bertz CT molecular complexity index is 399. The summed E-state index contributed by atoms with van der Waals surface area (Å²) in [4.78, 5) is 14.6. The summed E-state index contributed by atoms with van der Waals surface area (Å²) in [6, 6.07) is 5.68. The first kappa shape index (κ1) is 11.3. The van der Waals surface area contributed by atoms with Crippen molar-refractivity contribution < 1.29 is 4.79 Å². The molecule has 5 heteroatoms. The summed E-state index contributed by atoms with van der Waals surface area (Å²) in [6.07, 6.45) is 0. The molecule has 0 radical (unpaired) electrons. The minimum absolute atomic E-state index is 0.0822. The van der Waals surface area contributed by atoms with E-state index in [0.29, 0.717) is 10.4 Å². The van der Waals surface area contributed by atoms with Crippen LogP contribution in [0.15, 0.2) is 23.1 Å². The van der Waals surface area contributed by atoms with Crippen LogP contribution in [0.1, 0.15) is 0 Å². The number of anilines is 1. The van der Waals surface area contributed by atoms with E-state index in [-0.39, 0.29) is 5.91 Å². The van der Waals surface area contributed by atoms with Gasteiger partial charge in [-0.15, -0.1) is 11.8 Å². The average molecular weight is 307 g/mol. The van der Waals surface area contributed by atoms with Gasteiger partial charge in [-0.2, -0.15) is 0 Å². The number of benzene rings is 1. The molecule has 1 aliphatic heterocycles. The van der Waals surface area contributed by atoms with Crippen LogP contribution in [-0.4, -0.2) is 23.5 Å². The van der Waals surface area contributed by atoms with Crippen molar-refractivity contribution in [2.45, 2.75) is 4.90 Å². The summed E-state index contributed by atoms with van der Waals surface area (Å²) >= 11 is 10.9. The average Bonchev–Trinajstić information content (AvgIpc) is 2.27. The number of rotatable bonds is 1. The highest BCUT2D eigenvalue weighted by molar-refractivity contribution is 9.09. The summed E-state index contributed by atoms with van der Waals surface area (Å²) in [6.45, 7) is 0.752. The molecule has 0 N–H and O–H groups in total. The maximum absolute atomic E-state index is 11.7. The number of alkyl halides is 1. The molecule has 0 aromatic heterocycles. The highest BCUT2D eigenvalue weighted by atomic mass is 79.9. The molecule has 1 amide bonds. The zero-order valence-corrected chi connectivity index (χ0v) is 11.0. The third kappa shape index (κ3) is 2.32. The minimum atomic E-state index is 0.0822. The molecule has 1 heterocycles. The van der Waals surface area contributed by atoms with Crippen LogP contribution in [0.25, 0.3) is 0 Å². The fourth-order valence-electron chi connectivity index (χ4n) is 1.52. The van der Waals surface area contributed by atoms with Gasteiger partial charge in [0.1, 0.15) is 0 Å². The van der Waals surface area contributed by atoms with Gasteiger partial charge in [0.15, 0.2) is 0 Å². The van der Waals surface area contributed by atoms with Gasteiger partial charge >= 0.3 is 0 Å². The first-order valence-corrected chi connectivity index (χ1v) is 6.99. The topological polar surface area (TPSA) is 20.3 Å². The van der Waals surface area contributed by atoms with Gasteiger partial charge in [-0.25, -0.2) is 0 Å². The number of amides is 1. The van der Waals surface area contributed by atoms with Crippen molar-refractivity contribution in [2.24, 2.45) is 0 Å². The Kier molecular flexibility index (Phi) is 3.59. The number of thioether (sulfide) groups is 1. The highest BCUT2D eigenvalue weighted by Gasteiger charge is 2.22. The van der Waals surface area contributed by atoms with Gasteiger partial charge < -0.3 is 4.90 Å². The van der Waals surface area contributed by atoms with Crippen LogP contribution >= 0.6 is 39.3 Å². The number of nitrogens with zero attached hydrogens (tertiary/aromatic N) is 1. The number of fused-ring (bicyclic) bond motifs is 1. The number of halogens is 2. The highest BCUT2D eigenvalue weighted by Crippen LogP contribution is 2.36. The lowest BCUT2D eigenvalue weighted by molar-refractivity contribution is -0.116. The number of carbonyl (C=O) groups excluding carboxylic acids is 1. The Morgan fingerprint density at radius 3 is 3.13 bits per heavy atom. The van der Waals surface area contributed by atoms with Crippen molar-refractivity contribution in [3.63, 3.8) is 0 Å². The SMILES string of the molecule is O=C(CBr)N1CCSc2ccc(Cl)cc21. The van der Waals surface area contributed by atoms with Crippen molar-refractivity contribution in [2.75, 3.05) is 22.5 Å². The lowest BCUT2D eigenvalue weighted by Gasteiger charge is -2.28. The second-order valence-electron chi connectivity index (χ2n) is 3.14. The van der Waals surface area contributed by atoms with Crippen molar-refractivity contribution in [1.29, 1.82) is 0 Å². The Balaban J connectivity index is 2.40. The lowest BCUT2D eigenvalue weighted by atomic mass is 10.2. The van der Waals surface area contributed by atoms with Gasteiger partial charge in [-0.05, 0) is 18.2 Å². The van der Waals surface area contributed by atoms with Gasteiger partial charge in [0.25, 0.3) is 0 Å². The third-order valence-electron chi connectivity index (χ3n) is 2.20. The van der Waals surface area contributed by atoms with Crippen LogP contribution in [0, 0.1) is 0 Å². The van der Waals surface area contributed by atoms with E-state index in [1.54, 1.807) is 16.7 Å². The standard InChI is InChI=1S/C10H9BrClNOS/c11-6-10(14)13-3-4-15-9-2-1-7(12)5-8(9)13/h1-2,5H,3-4,6H2. The molecule has 1 aliphatic rings. The first-order chi connectivity index (χ1) is 7.22. The van der Waals surface area contributed by atoms with Crippen LogP contribution in [0.3, 0.4) is 0 Å². The van der Waals surface area contributed by atoms with Crippen LogP contribution in [0.4, 0.5) is 5.69 Å². The van der Waals surface area contributed by atoms with Crippen LogP contribution in [-0.2, 0) is 4.79 Å². The van der Waals surface area contributed by atoms with Crippen LogP contribution < -0.4 is 4.90 Å². The van der Waals surface area contributed by atoms with Gasteiger partial charge in [0.05, 0.1) is 11.0 Å². The van der Waals surface area contributed by atoms with Crippen molar-refractivity contribution >= 4 is 50.9 Å². The Morgan fingerprint density at radius 1 is 1.60 bits per heavy atom. The summed E-state index contributed by atoms with van der Waals surface area (Å²) < 4.78 is 0. The fourth-order valence-corrected chi connectivity index (χ4v) is 2.97.